The van der Waals surface area contributed by atoms with Gasteiger partial charge in [0.25, 0.3) is 5.91 Å². The Labute approximate surface area is 174 Å². The minimum atomic E-state index is -3.96. The number of anilines is 1. The number of hydrogen-bond donors (Lipinski definition) is 3. The number of rotatable bonds is 5. The van der Waals surface area contributed by atoms with E-state index in [1.165, 1.54) is 10.6 Å². The topological polar surface area (TPSA) is 141 Å². The zero-order chi connectivity index (χ0) is 21.2. The van der Waals surface area contributed by atoms with Crippen molar-refractivity contribution in [2.45, 2.75) is 17.6 Å². The van der Waals surface area contributed by atoms with Crippen molar-refractivity contribution in [3.8, 4) is 11.4 Å². The maximum absolute atomic E-state index is 13.3. The van der Waals surface area contributed by atoms with Crippen molar-refractivity contribution < 1.29 is 23.2 Å². The summed E-state index contributed by atoms with van der Waals surface area (Å²) in [5.41, 5.74) is 3.44. The molecule has 4 rings (SSSR count). The number of carbonyl (C=O) groups excluding carboxylic acids is 1. The molecule has 0 aliphatic carbocycles. The van der Waals surface area contributed by atoms with Crippen LogP contribution >= 0.6 is 0 Å². The number of H-pyrrole nitrogens is 1. The molecule has 0 bridgehead atoms. The number of sulfonamides is 1. The molecular weight excluding hydrogens is 412 g/mol. The van der Waals surface area contributed by atoms with Crippen molar-refractivity contribution in [3.05, 3.63) is 30.6 Å². The second-order valence-electron chi connectivity index (χ2n) is 7.32. The first-order valence-corrected chi connectivity index (χ1v) is 11.1. The van der Waals surface area contributed by atoms with Gasteiger partial charge in [0.2, 0.25) is 10.0 Å². The van der Waals surface area contributed by atoms with Gasteiger partial charge in [0.05, 0.1) is 0 Å². The van der Waals surface area contributed by atoms with Crippen LogP contribution in [0.2, 0.25) is 0 Å². The lowest BCUT2D eigenvalue weighted by Gasteiger charge is -2.42. The maximum Gasteiger partial charge on any atom is 0.266 e. The summed E-state index contributed by atoms with van der Waals surface area (Å²) in [6.45, 7) is 1.82. The Bertz CT molecular complexity index is 965. The molecule has 2 aliphatic heterocycles. The SMILES string of the molecule is O=C(NO)C1(S(=O)(=O)N2CCN(c3ccc(-c4ncn[nH]4)cc3)CC2)CCOCC1. The molecule has 30 heavy (non-hydrogen) atoms. The van der Waals surface area contributed by atoms with Crippen LogP contribution < -0.4 is 10.4 Å². The number of ether oxygens (including phenoxy) is 1. The number of hydroxylamine groups is 1. The number of benzene rings is 1. The van der Waals surface area contributed by atoms with Crippen molar-refractivity contribution in [2.24, 2.45) is 0 Å². The number of carbonyl (C=O) groups is 1. The summed E-state index contributed by atoms with van der Waals surface area (Å²) in [5.74, 6) is -0.211. The number of nitrogens with one attached hydrogen (secondary N) is 2. The molecule has 1 amide bonds. The first-order chi connectivity index (χ1) is 14.5. The van der Waals surface area contributed by atoms with Crippen LogP contribution in [0.4, 0.5) is 5.69 Å². The Kier molecular flexibility index (Phi) is 5.73. The van der Waals surface area contributed by atoms with E-state index in [0.717, 1.165) is 11.3 Å². The van der Waals surface area contributed by atoms with E-state index in [1.54, 1.807) is 5.48 Å². The fourth-order valence-electron chi connectivity index (χ4n) is 4.01. The van der Waals surface area contributed by atoms with Gasteiger partial charge in [-0.1, -0.05) is 0 Å². The quantitative estimate of drug-likeness (QED) is 0.439. The van der Waals surface area contributed by atoms with E-state index >= 15 is 0 Å². The molecule has 0 radical (unpaired) electrons. The van der Waals surface area contributed by atoms with Crippen LogP contribution in [0.15, 0.2) is 30.6 Å². The Morgan fingerprint density at radius 1 is 1.13 bits per heavy atom. The Hall–Kier alpha value is -2.54. The molecule has 0 atom stereocenters. The molecule has 3 N–H and O–H groups in total. The molecule has 11 nitrogen and oxygen atoms in total. The molecule has 2 aliphatic rings. The van der Waals surface area contributed by atoms with Gasteiger partial charge in [-0.25, -0.2) is 18.9 Å². The van der Waals surface area contributed by atoms with Gasteiger partial charge < -0.3 is 9.64 Å². The molecule has 0 saturated carbocycles. The Morgan fingerprint density at radius 3 is 2.37 bits per heavy atom. The van der Waals surface area contributed by atoms with E-state index in [9.17, 15) is 13.2 Å². The van der Waals surface area contributed by atoms with Gasteiger partial charge >= 0.3 is 0 Å². The molecule has 3 heterocycles. The lowest BCUT2D eigenvalue weighted by Crippen LogP contribution is -2.62. The van der Waals surface area contributed by atoms with Crippen LogP contribution in [-0.4, -0.2) is 83.2 Å². The second kappa shape index (κ2) is 8.30. The van der Waals surface area contributed by atoms with Crippen LogP contribution in [-0.2, 0) is 19.6 Å². The Morgan fingerprint density at radius 2 is 1.80 bits per heavy atom. The lowest BCUT2D eigenvalue weighted by molar-refractivity contribution is -0.134. The van der Waals surface area contributed by atoms with Gasteiger partial charge in [-0.2, -0.15) is 9.40 Å². The fourth-order valence-corrected chi connectivity index (χ4v) is 6.11. The van der Waals surface area contributed by atoms with Crippen molar-refractivity contribution in [2.75, 3.05) is 44.3 Å². The molecule has 1 aromatic carbocycles. The summed E-state index contributed by atoms with van der Waals surface area (Å²) >= 11 is 0. The third-order valence-electron chi connectivity index (χ3n) is 5.81. The molecule has 2 saturated heterocycles. The van der Waals surface area contributed by atoms with Crippen LogP contribution in [0.1, 0.15) is 12.8 Å². The predicted octanol–water partition coefficient (Wildman–Crippen LogP) is -0.0219. The highest BCUT2D eigenvalue weighted by Gasteiger charge is 2.54. The molecular formula is C18H24N6O5S. The van der Waals surface area contributed by atoms with Crippen LogP contribution in [0.5, 0.6) is 0 Å². The van der Waals surface area contributed by atoms with Crippen LogP contribution in [0, 0.1) is 0 Å². The largest absolute Gasteiger partial charge is 0.381 e. The summed E-state index contributed by atoms with van der Waals surface area (Å²) in [6.07, 6.45) is 1.49. The van der Waals surface area contributed by atoms with E-state index in [-0.39, 0.29) is 39.1 Å². The van der Waals surface area contributed by atoms with Crippen molar-refractivity contribution in [1.29, 1.82) is 0 Å². The van der Waals surface area contributed by atoms with E-state index in [0.29, 0.717) is 18.9 Å². The lowest BCUT2D eigenvalue weighted by atomic mass is 9.98. The van der Waals surface area contributed by atoms with E-state index in [4.69, 9.17) is 9.94 Å². The van der Waals surface area contributed by atoms with Gasteiger partial charge in [-0.05, 0) is 24.3 Å². The summed E-state index contributed by atoms with van der Waals surface area (Å²) in [7, 11) is -3.96. The summed E-state index contributed by atoms with van der Waals surface area (Å²) in [4.78, 5) is 18.6. The number of hydrogen-bond acceptors (Lipinski definition) is 8. The Balaban J connectivity index is 1.46. The molecule has 0 spiro atoms. The highest BCUT2D eigenvalue weighted by Crippen LogP contribution is 2.34. The number of piperazine rings is 1. The fraction of sp³-hybridized carbons (Fsp3) is 0.500. The average Bonchev–Trinajstić information content (AvgIpc) is 3.34. The second-order valence-corrected chi connectivity index (χ2v) is 9.57. The average molecular weight is 436 g/mol. The van der Waals surface area contributed by atoms with E-state index in [1.807, 2.05) is 24.3 Å². The molecule has 2 fully saturated rings. The van der Waals surface area contributed by atoms with Gasteiger partial charge in [-0.3, -0.25) is 15.1 Å². The number of aromatic amines is 1. The van der Waals surface area contributed by atoms with Crippen LogP contribution in [0.3, 0.4) is 0 Å². The third kappa shape index (κ3) is 3.55. The van der Waals surface area contributed by atoms with E-state index in [2.05, 4.69) is 20.1 Å². The molecule has 1 aromatic heterocycles. The van der Waals surface area contributed by atoms with Crippen molar-refractivity contribution in [3.63, 3.8) is 0 Å². The summed E-state index contributed by atoms with van der Waals surface area (Å²) < 4.78 is 31.6. The maximum atomic E-state index is 13.3. The number of nitrogens with zero attached hydrogens (tertiary/aromatic N) is 4. The van der Waals surface area contributed by atoms with Gasteiger partial charge in [0.1, 0.15) is 6.33 Å². The highest BCUT2D eigenvalue weighted by molar-refractivity contribution is 7.91. The summed E-state index contributed by atoms with van der Waals surface area (Å²) in [5, 5.41) is 15.8. The molecule has 0 unspecified atom stereocenters. The van der Waals surface area contributed by atoms with Crippen molar-refractivity contribution in [1.82, 2.24) is 25.0 Å². The third-order valence-corrected chi connectivity index (χ3v) is 8.44. The highest BCUT2D eigenvalue weighted by atomic mass is 32.2. The van der Waals surface area contributed by atoms with Gasteiger partial charge in [-0.15, -0.1) is 0 Å². The monoisotopic (exact) mass is 436 g/mol. The standard InChI is InChI=1S/C18H24N6O5S/c25-17(22-26)18(5-11-29-12-6-18)30(27,28)24-9-7-23(8-10-24)15-3-1-14(2-4-15)16-19-13-20-21-16/h1-4,13,26H,5-12H2,(H,22,25)(H,19,20,21). The molecule has 2 aromatic rings. The first kappa shape index (κ1) is 20.7. The zero-order valence-corrected chi connectivity index (χ0v) is 17.1. The van der Waals surface area contributed by atoms with Crippen LogP contribution in [0.25, 0.3) is 11.4 Å². The smallest absolute Gasteiger partial charge is 0.266 e. The zero-order valence-electron chi connectivity index (χ0n) is 16.3. The first-order valence-electron chi connectivity index (χ1n) is 9.71. The molecule has 162 valence electrons. The van der Waals surface area contributed by atoms with E-state index < -0.39 is 20.7 Å². The normalized spacial score (nSPS) is 20.1. The summed E-state index contributed by atoms with van der Waals surface area (Å²) in [6, 6.07) is 7.78. The minimum absolute atomic E-state index is 0.0189. The number of aromatic nitrogens is 3. The predicted molar refractivity (Wildman–Crippen MR) is 107 cm³/mol. The molecule has 12 heteroatoms. The number of amides is 1. The van der Waals surface area contributed by atoms with Gasteiger partial charge in [0.15, 0.2) is 10.6 Å². The minimum Gasteiger partial charge on any atom is -0.381 e. The van der Waals surface area contributed by atoms with Crippen molar-refractivity contribution >= 4 is 21.6 Å². The van der Waals surface area contributed by atoms with Gasteiger partial charge in [0, 0.05) is 63.5 Å².